The second-order valence-electron chi connectivity index (χ2n) is 5.78. The number of methoxy groups -OCH3 is 1. The molecule has 0 radical (unpaired) electrons. The molecule has 1 aliphatic heterocycles. The predicted octanol–water partition coefficient (Wildman–Crippen LogP) is 2.11. The summed E-state index contributed by atoms with van der Waals surface area (Å²) in [5.74, 6) is -0.175. The van der Waals surface area contributed by atoms with Crippen LogP contribution in [-0.4, -0.2) is 36.6 Å². The molecule has 134 valence electrons. The minimum absolute atomic E-state index is 0.141. The van der Waals surface area contributed by atoms with E-state index < -0.39 is 16.8 Å². The number of hydrogen-bond donors (Lipinski definition) is 1. The van der Waals surface area contributed by atoms with Crippen molar-refractivity contribution in [1.82, 2.24) is 5.32 Å². The Morgan fingerprint density at radius 2 is 2.08 bits per heavy atom. The van der Waals surface area contributed by atoms with Crippen LogP contribution in [-0.2, 0) is 11.2 Å². The summed E-state index contributed by atoms with van der Waals surface area (Å²) < 4.78 is 10.4. The van der Waals surface area contributed by atoms with Gasteiger partial charge >= 0.3 is 5.97 Å². The summed E-state index contributed by atoms with van der Waals surface area (Å²) in [6.07, 6.45) is 0.260. The van der Waals surface area contributed by atoms with Gasteiger partial charge in [0.2, 0.25) is 0 Å². The lowest BCUT2D eigenvalue weighted by molar-refractivity contribution is -0.384. The average molecular weight is 356 g/mol. The maximum atomic E-state index is 12.2. The first-order valence-electron chi connectivity index (χ1n) is 7.88. The molecule has 0 aromatic heterocycles. The van der Waals surface area contributed by atoms with Crippen molar-refractivity contribution in [2.75, 3.05) is 13.7 Å². The van der Waals surface area contributed by atoms with Gasteiger partial charge in [0.25, 0.3) is 11.6 Å². The molecule has 0 unspecified atom stereocenters. The molecule has 8 heteroatoms. The lowest BCUT2D eigenvalue weighted by Crippen LogP contribution is -2.34. The predicted molar refractivity (Wildman–Crippen MR) is 91.3 cm³/mol. The molecule has 0 spiro atoms. The van der Waals surface area contributed by atoms with Crippen LogP contribution in [0.5, 0.6) is 5.75 Å². The first-order chi connectivity index (χ1) is 12.5. The Morgan fingerprint density at radius 3 is 2.81 bits per heavy atom. The molecule has 0 fully saturated rings. The van der Waals surface area contributed by atoms with Crippen LogP contribution in [0.3, 0.4) is 0 Å². The molecule has 1 N–H and O–H groups in total. The number of esters is 1. The molecule has 26 heavy (non-hydrogen) atoms. The highest BCUT2D eigenvalue weighted by Crippen LogP contribution is 2.29. The summed E-state index contributed by atoms with van der Waals surface area (Å²) in [4.78, 5) is 34.0. The molecular weight excluding hydrogens is 340 g/mol. The van der Waals surface area contributed by atoms with Gasteiger partial charge in [0.15, 0.2) is 0 Å². The summed E-state index contributed by atoms with van der Waals surface area (Å²) in [6, 6.07) is 10.6. The number of fused-ring (bicyclic) bond motifs is 1. The third kappa shape index (κ3) is 3.64. The molecular formula is C18H16N2O6. The molecule has 1 amide bonds. The number of carbonyl (C=O) groups is 2. The van der Waals surface area contributed by atoms with Crippen molar-refractivity contribution in [1.29, 1.82) is 0 Å². The molecule has 1 heterocycles. The Hall–Kier alpha value is -3.42. The van der Waals surface area contributed by atoms with E-state index >= 15 is 0 Å². The van der Waals surface area contributed by atoms with Crippen LogP contribution in [0.4, 0.5) is 5.69 Å². The molecule has 0 saturated heterocycles. The molecule has 8 nitrogen and oxygen atoms in total. The molecule has 2 aromatic rings. The second kappa shape index (κ2) is 7.22. The van der Waals surface area contributed by atoms with Crippen LogP contribution < -0.4 is 10.1 Å². The fraction of sp³-hybridized carbons (Fsp3) is 0.222. The zero-order valence-corrected chi connectivity index (χ0v) is 13.9. The van der Waals surface area contributed by atoms with E-state index in [9.17, 15) is 19.7 Å². The molecule has 0 aliphatic carbocycles. The molecule has 0 bridgehead atoms. The largest absolute Gasteiger partial charge is 0.488 e. The van der Waals surface area contributed by atoms with E-state index in [1.54, 1.807) is 18.2 Å². The van der Waals surface area contributed by atoms with Crippen LogP contribution in [0, 0.1) is 10.1 Å². The van der Waals surface area contributed by atoms with Crippen LogP contribution in [0.15, 0.2) is 42.5 Å². The van der Waals surface area contributed by atoms with Crippen molar-refractivity contribution in [3.63, 3.8) is 0 Å². The molecule has 3 rings (SSSR count). The quantitative estimate of drug-likeness (QED) is 0.499. The lowest BCUT2D eigenvalue weighted by Gasteiger charge is -2.12. The Labute approximate surface area is 148 Å². The summed E-state index contributed by atoms with van der Waals surface area (Å²) in [5, 5.41) is 13.5. The standard InChI is InChI=1S/C18H16N2O6/c1-25-18(22)12-5-6-16-13(7-12)9-15(26-16)10-19-17(21)11-3-2-4-14(8-11)20(23)24/h2-8,15H,9-10H2,1H3,(H,19,21)/t15-/m1/s1. The highest BCUT2D eigenvalue weighted by atomic mass is 16.6. The van der Waals surface area contributed by atoms with Crippen molar-refractivity contribution in [2.24, 2.45) is 0 Å². The van der Waals surface area contributed by atoms with Gasteiger partial charge in [-0.15, -0.1) is 0 Å². The third-order valence-electron chi connectivity index (χ3n) is 4.03. The molecule has 1 atom stereocenters. The Balaban J connectivity index is 1.61. The van der Waals surface area contributed by atoms with Crippen LogP contribution in [0.1, 0.15) is 26.3 Å². The first kappa shape index (κ1) is 17.4. The van der Waals surface area contributed by atoms with Crippen molar-refractivity contribution < 1.29 is 24.0 Å². The normalized spacial score (nSPS) is 14.9. The zero-order valence-electron chi connectivity index (χ0n) is 13.9. The number of benzene rings is 2. The van der Waals surface area contributed by atoms with Crippen LogP contribution in [0.25, 0.3) is 0 Å². The monoisotopic (exact) mass is 356 g/mol. The highest BCUT2D eigenvalue weighted by molar-refractivity contribution is 5.94. The van der Waals surface area contributed by atoms with Gasteiger partial charge in [0.05, 0.1) is 24.1 Å². The maximum absolute atomic E-state index is 12.2. The number of non-ortho nitro benzene ring substituents is 1. The van der Waals surface area contributed by atoms with Gasteiger partial charge in [0.1, 0.15) is 11.9 Å². The van der Waals surface area contributed by atoms with Crippen LogP contribution in [0.2, 0.25) is 0 Å². The van der Waals surface area contributed by atoms with Gasteiger partial charge in [-0.1, -0.05) is 6.07 Å². The van der Waals surface area contributed by atoms with Crippen molar-refractivity contribution in [2.45, 2.75) is 12.5 Å². The smallest absolute Gasteiger partial charge is 0.337 e. The minimum atomic E-state index is -0.549. The van der Waals surface area contributed by atoms with E-state index in [4.69, 9.17) is 9.47 Å². The first-order valence-corrected chi connectivity index (χ1v) is 7.88. The summed E-state index contributed by atoms with van der Waals surface area (Å²) in [5.41, 5.74) is 1.37. The van der Waals surface area contributed by atoms with E-state index in [2.05, 4.69) is 5.32 Å². The fourth-order valence-electron chi connectivity index (χ4n) is 2.75. The number of ether oxygens (including phenoxy) is 2. The van der Waals surface area contributed by atoms with E-state index in [0.717, 1.165) is 5.56 Å². The van der Waals surface area contributed by atoms with Gasteiger partial charge in [-0.2, -0.15) is 0 Å². The Bertz CT molecular complexity index is 880. The number of rotatable bonds is 5. The van der Waals surface area contributed by atoms with Gasteiger partial charge in [0, 0.05) is 24.1 Å². The number of nitro groups is 1. The van der Waals surface area contributed by atoms with Gasteiger partial charge in [-0.25, -0.2) is 4.79 Å². The van der Waals surface area contributed by atoms with Gasteiger partial charge in [-0.3, -0.25) is 14.9 Å². The average Bonchev–Trinajstić information content (AvgIpc) is 3.07. The summed E-state index contributed by atoms with van der Waals surface area (Å²) >= 11 is 0. The van der Waals surface area contributed by atoms with Crippen molar-refractivity contribution in [3.8, 4) is 5.75 Å². The molecule has 1 aliphatic rings. The zero-order chi connectivity index (χ0) is 18.7. The lowest BCUT2D eigenvalue weighted by atomic mass is 10.1. The number of amides is 1. The highest BCUT2D eigenvalue weighted by Gasteiger charge is 2.25. The minimum Gasteiger partial charge on any atom is -0.488 e. The Morgan fingerprint density at radius 1 is 1.27 bits per heavy atom. The van der Waals surface area contributed by atoms with Crippen molar-refractivity contribution in [3.05, 3.63) is 69.3 Å². The van der Waals surface area contributed by atoms with Gasteiger partial charge < -0.3 is 14.8 Å². The molecule has 0 saturated carbocycles. The Kier molecular flexibility index (Phi) is 4.83. The second-order valence-corrected chi connectivity index (χ2v) is 5.78. The van der Waals surface area contributed by atoms with E-state index in [1.165, 1.54) is 31.4 Å². The summed E-state index contributed by atoms with van der Waals surface area (Å²) in [6.45, 7) is 0.240. The SMILES string of the molecule is COC(=O)c1ccc2c(c1)C[C@H](CNC(=O)c1cccc([N+](=O)[O-])c1)O2. The number of nitrogens with zero attached hydrogens (tertiary/aromatic N) is 1. The fourth-order valence-corrected chi connectivity index (χ4v) is 2.75. The van der Waals surface area contributed by atoms with E-state index in [0.29, 0.717) is 17.7 Å². The van der Waals surface area contributed by atoms with E-state index in [-0.39, 0.29) is 23.9 Å². The topological polar surface area (TPSA) is 108 Å². The third-order valence-corrected chi connectivity index (χ3v) is 4.03. The number of carbonyl (C=O) groups excluding carboxylic acids is 2. The van der Waals surface area contributed by atoms with E-state index in [1.807, 2.05) is 0 Å². The number of nitrogens with one attached hydrogen (secondary N) is 1. The summed E-state index contributed by atoms with van der Waals surface area (Å²) in [7, 11) is 1.32. The van der Waals surface area contributed by atoms with Crippen molar-refractivity contribution >= 4 is 17.6 Å². The number of nitro benzene ring substituents is 1. The maximum Gasteiger partial charge on any atom is 0.337 e. The van der Waals surface area contributed by atoms with Crippen LogP contribution >= 0.6 is 0 Å². The number of hydrogen-bond acceptors (Lipinski definition) is 6. The molecule has 2 aromatic carbocycles. The van der Waals surface area contributed by atoms with Gasteiger partial charge in [-0.05, 0) is 29.8 Å².